The van der Waals surface area contributed by atoms with Gasteiger partial charge in [-0.05, 0) is 12.8 Å². The normalized spacial score (nSPS) is 9.92. The molecule has 0 spiro atoms. The van der Waals surface area contributed by atoms with Crippen molar-refractivity contribution >= 4 is 0 Å². The standard InChI is InChI=1S/C10H15N3/c1-3-4-5-6-10-9(7-11)12-8-13(10)2/h8H,3-6H2,1-2H3. The van der Waals surface area contributed by atoms with Crippen molar-refractivity contribution in [2.75, 3.05) is 0 Å². The molecule has 0 aliphatic rings. The highest BCUT2D eigenvalue weighted by molar-refractivity contribution is 5.26. The van der Waals surface area contributed by atoms with Crippen molar-refractivity contribution in [1.82, 2.24) is 9.55 Å². The highest BCUT2D eigenvalue weighted by atomic mass is 15.0. The van der Waals surface area contributed by atoms with Crippen LogP contribution in [0.25, 0.3) is 0 Å². The van der Waals surface area contributed by atoms with E-state index in [2.05, 4.69) is 18.0 Å². The van der Waals surface area contributed by atoms with Crippen molar-refractivity contribution in [2.24, 2.45) is 7.05 Å². The van der Waals surface area contributed by atoms with Crippen LogP contribution in [-0.4, -0.2) is 9.55 Å². The molecular formula is C10H15N3. The average molecular weight is 177 g/mol. The van der Waals surface area contributed by atoms with Gasteiger partial charge in [-0.1, -0.05) is 19.8 Å². The first-order valence-corrected chi connectivity index (χ1v) is 4.70. The maximum Gasteiger partial charge on any atom is 0.161 e. The maximum atomic E-state index is 8.76. The minimum absolute atomic E-state index is 0.582. The topological polar surface area (TPSA) is 41.6 Å². The van der Waals surface area contributed by atoms with Crippen molar-refractivity contribution in [3.05, 3.63) is 17.7 Å². The number of hydrogen-bond acceptors (Lipinski definition) is 2. The van der Waals surface area contributed by atoms with Crippen LogP contribution in [0.2, 0.25) is 0 Å². The molecule has 0 fully saturated rings. The minimum atomic E-state index is 0.582. The predicted octanol–water partition coefficient (Wildman–Crippen LogP) is 2.02. The van der Waals surface area contributed by atoms with E-state index in [0.717, 1.165) is 18.5 Å². The molecule has 0 N–H and O–H groups in total. The summed E-state index contributed by atoms with van der Waals surface area (Å²) in [4.78, 5) is 4.01. The Kier molecular flexibility index (Phi) is 3.51. The number of nitriles is 1. The van der Waals surface area contributed by atoms with E-state index in [-0.39, 0.29) is 0 Å². The summed E-state index contributed by atoms with van der Waals surface area (Å²) < 4.78 is 1.94. The highest BCUT2D eigenvalue weighted by Gasteiger charge is 2.06. The van der Waals surface area contributed by atoms with Crippen LogP contribution < -0.4 is 0 Å². The van der Waals surface area contributed by atoms with E-state index in [1.54, 1.807) is 6.33 Å². The van der Waals surface area contributed by atoms with Crippen molar-refractivity contribution in [1.29, 1.82) is 5.26 Å². The van der Waals surface area contributed by atoms with Crippen LogP contribution in [-0.2, 0) is 13.5 Å². The zero-order chi connectivity index (χ0) is 9.68. The fourth-order valence-corrected chi connectivity index (χ4v) is 1.39. The van der Waals surface area contributed by atoms with Gasteiger partial charge in [0.25, 0.3) is 0 Å². The first kappa shape index (κ1) is 9.79. The smallest absolute Gasteiger partial charge is 0.161 e. The van der Waals surface area contributed by atoms with E-state index in [9.17, 15) is 0 Å². The van der Waals surface area contributed by atoms with E-state index in [0.29, 0.717) is 5.69 Å². The molecule has 3 nitrogen and oxygen atoms in total. The molecule has 0 saturated carbocycles. The highest BCUT2D eigenvalue weighted by Crippen LogP contribution is 2.09. The molecule has 1 rings (SSSR count). The van der Waals surface area contributed by atoms with Crippen LogP contribution in [0, 0.1) is 11.3 Å². The Labute approximate surface area is 79.0 Å². The second kappa shape index (κ2) is 4.66. The molecule has 0 saturated heterocycles. The summed E-state index contributed by atoms with van der Waals surface area (Å²) in [5.74, 6) is 0. The van der Waals surface area contributed by atoms with Gasteiger partial charge in [0.15, 0.2) is 5.69 Å². The summed E-state index contributed by atoms with van der Waals surface area (Å²) in [6.45, 7) is 2.18. The Morgan fingerprint density at radius 1 is 1.54 bits per heavy atom. The van der Waals surface area contributed by atoms with E-state index in [1.807, 2.05) is 11.6 Å². The molecule has 0 aliphatic carbocycles. The van der Waals surface area contributed by atoms with Crippen molar-refractivity contribution in [3.8, 4) is 6.07 Å². The second-order valence-corrected chi connectivity index (χ2v) is 3.22. The zero-order valence-corrected chi connectivity index (χ0v) is 8.25. The lowest BCUT2D eigenvalue weighted by Gasteiger charge is -2.01. The summed E-state index contributed by atoms with van der Waals surface area (Å²) in [5, 5.41) is 8.76. The molecule has 0 amide bonds. The molecule has 13 heavy (non-hydrogen) atoms. The van der Waals surface area contributed by atoms with Gasteiger partial charge in [-0.3, -0.25) is 0 Å². The van der Waals surface area contributed by atoms with Crippen molar-refractivity contribution < 1.29 is 0 Å². The van der Waals surface area contributed by atoms with Gasteiger partial charge in [0.2, 0.25) is 0 Å². The Bertz CT molecular complexity index is 306. The van der Waals surface area contributed by atoms with E-state index >= 15 is 0 Å². The number of rotatable bonds is 4. The van der Waals surface area contributed by atoms with Gasteiger partial charge in [-0.15, -0.1) is 0 Å². The zero-order valence-electron chi connectivity index (χ0n) is 8.25. The average Bonchev–Trinajstić information content (AvgIpc) is 2.48. The van der Waals surface area contributed by atoms with E-state index in [4.69, 9.17) is 5.26 Å². The number of imidazole rings is 1. The fraction of sp³-hybridized carbons (Fsp3) is 0.600. The maximum absolute atomic E-state index is 8.76. The fourth-order valence-electron chi connectivity index (χ4n) is 1.39. The molecule has 1 aromatic heterocycles. The molecule has 0 unspecified atom stereocenters. The van der Waals surface area contributed by atoms with Gasteiger partial charge in [0.05, 0.1) is 12.0 Å². The largest absolute Gasteiger partial charge is 0.336 e. The van der Waals surface area contributed by atoms with Crippen LogP contribution in [0.1, 0.15) is 37.6 Å². The molecule has 0 bridgehead atoms. The Hall–Kier alpha value is -1.30. The van der Waals surface area contributed by atoms with Gasteiger partial charge >= 0.3 is 0 Å². The summed E-state index contributed by atoms with van der Waals surface area (Å²) in [6, 6.07) is 2.11. The molecule has 1 aromatic rings. The summed E-state index contributed by atoms with van der Waals surface area (Å²) in [6.07, 6.45) is 6.24. The Morgan fingerprint density at radius 3 is 2.92 bits per heavy atom. The Morgan fingerprint density at radius 2 is 2.31 bits per heavy atom. The summed E-state index contributed by atoms with van der Waals surface area (Å²) in [7, 11) is 1.94. The number of aromatic nitrogens is 2. The molecule has 0 aliphatic heterocycles. The second-order valence-electron chi connectivity index (χ2n) is 3.22. The lowest BCUT2D eigenvalue weighted by atomic mass is 10.1. The molecule has 0 atom stereocenters. The third-order valence-corrected chi connectivity index (χ3v) is 2.18. The van der Waals surface area contributed by atoms with Crippen molar-refractivity contribution in [2.45, 2.75) is 32.6 Å². The molecule has 3 heteroatoms. The lowest BCUT2D eigenvalue weighted by Crippen LogP contribution is -1.97. The number of hydrogen-bond donors (Lipinski definition) is 0. The molecule has 0 radical (unpaired) electrons. The predicted molar refractivity (Wildman–Crippen MR) is 51.2 cm³/mol. The molecule has 70 valence electrons. The van der Waals surface area contributed by atoms with Gasteiger partial charge in [0, 0.05) is 7.05 Å². The third kappa shape index (κ3) is 2.32. The first-order valence-electron chi connectivity index (χ1n) is 4.70. The van der Waals surface area contributed by atoms with Crippen LogP contribution in [0.5, 0.6) is 0 Å². The number of unbranched alkanes of at least 4 members (excludes halogenated alkanes) is 2. The van der Waals surface area contributed by atoms with Gasteiger partial charge < -0.3 is 4.57 Å². The van der Waals surface area contributed by atoms with E-state index in [1.165, 1.54) is 12.8 Å². The minimum Gasteiger partial charge on any atom is -0.336 e. The van der Waals surface area contributed by atoms with Gasteiger partial charge in [-0.2, -0.15) is 5.26 Å². The molecule has 1 heterocycles. The summed E-state index contributed by atoms with van der Waals surface area (Å²) in [5.41, 5.74) is 1.65. The van der Waals surface area contributed by atoms with Crippen LogP contribution >= 0.6 is 0 Å². The van der Waals surface area contributed by atoms with Gasteiger partial charge in [-0.25, -0.2) is 4.98 Å². The van der Waals surface area contributed by atoms with Crippen LogP contribution in [0.15, 0.2) is 6.33 Å². The number of nitrogens with zero attached hydrogens (tertiary/aromatic N) is 3. The van der Waals surface area contributed by atoms with Crippen molar-refractivity contribution in [3.63, 3.8) is 0 Å². The lowest BCUT2D eigenvalue weighted by molar-refractivity contribution is 0.684. The summed E-state index contributed by atoms with van der Waals surface area (Å²) >= 11 is 0. The van der Waals surface area contributed by atoms with Crippen LogP contribution in [0.3, 0.4) is 0 Å². The Balaban J connectivity index is 2.64. The molecule has 0 aromatic carbocycles. The molecular weight excluding hydrogens is 162 g/mol. The van der Waals surface area contributed by atoms with E-state index < -0.39 is 0 Å². The SMILES string of the molecule is CCCCCc1c(C#N)ncn1C. The van der Waals surface area contributed by atoms with Gasteiger partial charge in [0.1, 0.15) is 6.07 Å². The quantitative estimate of drug-likeness (QED) is 0.660. The number of aryl methyl sites for hydroxylation is 1. The first-order chi connectivity index (χ1) is 6.29. The monoisotopic (exact) mass is 177 g/mol. The van der Waals surface area contributed by atoms with Crippen LogP contribution in [0.4, 0.5) is 0 Å². The third-order valence-electron chi connectivity index (χ3n) is 2.18.